The van der Waals surface area contributed by atoms with Gasteiger partial charge in [-0.3, -0.25) is 0 Å². The van der Waals surface area contributed by atoms with Crippen molar-refractivity contribution < 1.29 is 90.0 Å². The average Bonchev–Trinajstić information content (AvgIpc) is 2.99. The molecule has 1 heterocycles. The highest BCUT2D eigenvalue weighted by Gasteiger charge is 2.93. The summed E-state index contributed by atoms with van der Waals surface area (Å²) in [5.41, 5.74) is -7.50. The van der Waals surface area contributed by atoms with Crippen molar-refractivity contribution in [3.05, 3.63) is 54.1 Å². The first-order valence-corrected chi connectivity index (χ1v) is 14.3. The lowest BCUT2D eigenvalue weighted by Gasteiger charge is -2.51. The van der Waals surface area contributed by atoms with Gasteiger partial charge in [0.1, 0.15) is 17.2 Å². The van der Waals surface area contributed by atoms with E-state index in [-0.39, 0.29) is 5.56 Å². The molecule has 21 heteroatoms. The Labute approximate surface area is 273 Å². The molecule has 0 amide bonds. The minimum Gasteiger partial charge on any atom is -0.494 e. The van der Waals surface area contributed by atoms with E-state index in [2.05, 4.69) is 11.7 Å². The Morgan fingerprint density at radius 2 is 1.10 bits per heavy atom. The Balaban J connectivity index is 1.75. The Morgan fingerprint density at radius 3 is 1.58 bits per heavy atom. The summed E-state index contributed by atoms with van der Waals surface area (Å²) in [6.45, 7) is 2.50. The smallest absolute Gasteiger partial charge is 0.441 e. The van der Waals surface area contributed by atoms with Gasteiger partial charge in [0.05, 0.1) is 12.2 Å². The van der Waals surface area contributed by atoms with E-state index < -0.39 is 70.5 Å². The van der Waals surface area contributed by atoms with Crippen molar-refractivity contribution in [2.24, 2.45) is 0 Å². The molecular formula is C29H25F14NO6. The Morgan fingerprint density at radius 1 is 0.660 bits per heavy atom. The monoisotopic (exact) mass is 749 g/mol. The number of hydrogen-bond acceptors (Lipinski definition) is 7. The van der Waals surface area contributed by atoms with Crippen LogP contribution in [0.3, 0.4) is 0 Å². The van der Waals surface area contributed by atoms with Crippen LogP contribution in [0.4, 0.5) is 61.5 Å². The van der Waals surface area contributed by atoms with Gasteiger partial charge < -0.3 is 14.2 Å². The third-order valence-corrected chi connectivity index (χ3v) is 6.99. The van der Waals surface area contributed by atoms with Crippen LogP contribution in [0.25, 0.3) is 0 Å². The van der Waals surface area contributed by atoms with Gasteiger partial charge in [-0.15, -0.1) is 4.90 Å². The third-order valence-electron chi connectivity index (χ3n) is 6.99. The number of morpholine rings is 1. The van der Waals surface area contributed by atoms with Gasteiger partial charge in [0.2, 0.25) is 0 Å². The molecule has 1 saturated heterocycles. The SMILES string of the molecule is CCCCCCCCOc1ccc(C(=O)Oc2ccc(OC(=O)C(F)(C(F)(F)F)C(F)(F)N3C(F)(F)C(F)(F)OC(F)(F)C3(F)F)cc2)cc1. The number of rotatable bonds is 14. The first-order valence-electron chi connectivity index (χ1n) is 14.3. The zero-order valence-electron chi connectivity index (χ0n) is 25.3. The lowest BCUT2D eigenvalue weighted by Crippen LogP contribution is -2.82. The summed E-state index contributed by atoms with van der Waals surface area (Å²) in [4.78, 5) is 20.4. The molecule has 2 aromatic rings. The maximum absolute atomic E-state index is 15.1. The fraction of sp³-hybridized carbons (Fsp3) is 0.517. The molecule has 1 atom stereocenters. The van der Waals surface area contributed by atoms with Gasteiger partial charge in [-0.1, -0.05) is 39.0 Å². The van der Waals surface area contributed by atoms with Crippen LogP contribution in [0.2, 0.25) is 0 Å². The molecule has 0 aliphatic carbocycles. The molecule has 1 aliphatic heterocycles. The summed E-state index contributed by atoms with van der Waals surface area (Å²) in [6.07, 6.45) is -15.6. The summed E-state index contributed by atoms with van der Waals surface area (Å²) < 4.78 is 211. The van der Waals surface area contributed by atoms with E-state index in [1.165, 1.54) is 24.3 Å². The van der Waals surface area contributed by atoms with E-state index >= 15 is 4.39 Å². The van der Waals surface area contributed by atoms with Gasteiger partial charge in [-0.2, -0.15) is 57.1 Å². The van der Waals surface area contributed by atoms with E-state index in [1.54, 1.807) is 0 Å². The lowest BCUT2D eigenvalue weighted by molar-refractivity contribution is -0.592. The highest BCUT2D eigenvalue weighted by molar-refractivity contribution is 5.91. The van der Waals surface area contributed by atoms with E-state index in [4.69, 9.17) is 9.47 Å². The van der Waals surface area contributed by atoms with Crippen LogP contribution in [0.1, 0.15) is 55.8 Å². The molecular weight excluding hydrogens is 724 g/mol. The fourth-order valence-corrected chi connectivity index (χ4v) is 4.31. The zero-order chi connectivity index (χ0) is 38.0. The predicted molar refractivity (Wildman–Crippen MR) is 140 cm³/mol. The molecule has 0 N–H and O–H groups in total. The van der Waals surface area contributed by atoms with E-state index in [0.29, 0.717) is 36.6 Å². The topological polar surface area (TPSA) is 74.3 Å². The standard InChI is InChI=1S/C29H25F14NO6/c1-2-3-4-5-6-7-16-47-18-10-8-17(9-11-18)21(45)48-19-12-14-20(15-13-19)49-22(46)23(30,24(31,32)33)25(34,35)44-26(36,37)28(40,41)50-29(42,43)27(44,38)39/h8-15H,2-7,16H2,1H3. The first-order chi connectivity index (χ1) is 22.9. The summed E-state index contributed by atoms with van der Waals surface area (Å²) >= 11 is 0. The normalized spacial score (nSPS) is 19.7. The van der Waals surface area contributed by atoms with Crippen molar-refractivity contribution in [2.75, 3.05) is 6.61 Å². The van der Waals surface area contributed by atoms with Crippen molar-refractivity contribution in [3.8, 4) is 17.2 Å². The summed E-state index contributed by atoms with van der Waals surface area (Å²) in [7, 11) is 0. The number of esters is 2. The predicted octanol–water partition coefficient (Wildman–Crippen LogP) is 9.12. The number of alkyl halides is 14. The van der Waals surface area contributed by atoms with E-state index in [0.717, 1.165) is 38.5 Å². The number of carbonyl (C=O) groups is 2. The molecule has 0 saturated carbocycles. The second-order valence-corrected chi connectivity index (χ2v) is 10.6. The second-order valence-electron chi connectivity index (χ2n) is 10.6. The number of halogens is 14. The zero-order valence-corrected chi connectivity index (χ0v) is 25.3. The van der Waals surface area contributed by atoms with Crippen molar-refractivity contribution in [2.45, 2.75) is 87.7 Å². The molecule has 0 radical (unpaired) electrons. The van der Waals surface area contributed by atoms with Gasteiger partial charge in [0, 0.05) is 0 Å². The van der Waals surface area contributed by atoms with Crippen molar-refractivity contribution in [1.29, 1.82) is 0 Å². The Bertz CT molecular complexity index is 1460. The summed E-state index contributed by atoms with van der Waals surface area (Å²) in [6, 6.07) is -15.6. The summed E-state index contributed by atoms with van der Waals surface area (Å²) in [5, 5.41) is 0. The van der Waals surface area contributed by atoms with Crippen molar-refractivity contribution in [3.63, 3.8) is 0 Å². The van der Waals surface area contributed by atoms with Gasteiger partial charge >= 0.3 is 54.1 Å². The highest BCUT2D eigenvalue weighted by atomic mass is 19.4. The third kappa shape index (κ3) is 7.71. The second kappa shape index (κ2) is 14.4. The van der Waals surface area contributed by atoms with Gasteiger partial charge in [-0.05, 0) is 55.0 Å². The lowest BCUT2D eigenvalue weighted by atomic mass is 9.99. The van der Waals surface area contributed by atoms with E-state index in [1.807, 2.05) is 4.74 Å². The average molecular weight is 749 g/mol. The molecule has 0 spiro atoms. The van der Waals surface area contributed by atoms with Crippen molar-refractivity contribution >= 4 is 11.9 Å². The van der Waals surface area contributed by atoms with Crippen LogP contribution in [-0.2, 0) is 9.53 Å². The molecule has 1 aliphatic rings. The van der Waals surface area contributed by atoms with Crippen LogP contribution in [-0.4, -0.2) is 65.6 Å². The number of benzene rings is 2. The van der Waals surface area contributed by atoms with Crippen LogP contribution in [0.15, 0.2) is 48.5 Å². The molecule has 280 valence electrons. The van der Waals surface area contributed by atoms with Gasteiger partial charge in [0.25, 0.3) is 0 Å². The number of ether oxygens (including phenoxy) is 4. The number of carbonyl (C=O) groups excluding carboxylic acids is 2. The first kappa shape index (κ1) is 40.5. The molecule has 1 fully saturated rings. The van der Waals surface area contributed by atoms with Crippen LogP contribution >= 0.6 is 0 Å². The summed E-state index contributed by atoms with van der Waals surface area (Å²) in [5.74, 6) is -6.48. The molecule has 2 aromatic carbocycles. The largest absolute Gasteiger partial charge is 0.494 e. The van der Waals surface area contributed by atoms with Crippen LogP contribution in [0.5, 0.6) is 17.2 Å². The van der Waals surface area contributed by atoms with Crippen LogP contribution in [0, 0.1) is 0 Å². The van der Waals surface area contributed by atoms with Gasteiger partial charge in [0.15, 0.2) is 0 Å². The molecule has 0 bridgehead atoms. The van der Waals surface area contributed by atoms with Gasteiger partial charge in [-0.25, -0.2) is 18.7 Å². The highest BCUT2D eigenvalue weighted by Crippen LogP contribution is 2.62. The molecule has 0 aromatic heterocycles. The van der Waals surface area contributed by atoms with E-state index in [9.17, 15) is 66.7 Å². The fourth-order valence-electron chi connectivity index (χ4n) is 4.31. The Hall–Kier alpha value is -3.88. The minimum atomic E-state index is -7.95. The maximum atomic E-state index is 15.1. The molecule has 50 heavy (non-hydrogen) atoms. The number of nitrogens with zero attached hydrogens (tertiary/aromatic N) is 1. The van der Waals surface area contributed by atoms with Crippen molar-refractivity contribution in [1.82, 2.24) is 4.90 Å². The number of unbranched alkanes of at least 4 members (excludes halogenated alkanes) is 5. The number of hydrogen-bond donors (Lipinski definition) is 0. The van der Waals surface area contributed by atoms with Crippen LogP contribution < -0.4 is 14.2 Å². The Kier molecular flexibility index (Phi) is 11.7. The quantitative estimate of drug-likeness (QED) is 0.0628. The molecule has 1 unspecified atom stereocenters. The minimum absolute atomic E-state index is 0.0603. The molecule has 7 nitrogen and oxygen atoms in total. The maximum Gasteiger partial charge on any atom is 0.441 e. The molecule has 3 rings (SSSR count).